The zero-order valence-corrected chi connectivity index (χ0v) is 16.3. The number of hydrogen-bond donors (Lipinski definition) is 1. The third kappa shape index (κ3) is 3.52. The Labute approximate surface area is 165 Å². The lowest BCUT2D eigenvalue weighted by Gasteiger charge is -2.13. The number of aromatic nitrogens is 2. The Balaban J connectivity index is 1.78. The minimum absolute atomic E-state index is 0.360. The van der Waals surface area contributed by atoms with E-state index < -0.39 is 0 Å². The molecule has 1 heterocycles. The van der Waals surface area contributed by atoms with Crippen LogP contribution in [0.25, 0.3) is 5.69 Å². The Morgan fingerprint density at radius 2 is 1.82 bits per heavy atom. The number of rotatable bonds is 5. The van der Waals surface area contributed by atoms with E-state index in [1.54, 1.807) is 6.07 Å². The highest BCUT2D eigenvalue weighted by Crippen LogP contribution is 2.36. The second-order valence-electron chi connectivity index (χ2n) is 7.30. The number of esters is 1. The van der Waals surface area contributed by atoms with E-state index in [1.807, 2.05) is 35.0 Å². The number of hydrogen-bond acceptors (Lipinski definition) is 4. The van der Waals surface area contributed by atoms with Crippen LogP contribution in [0.1, 0.15) is 53.2 Å². The molecule has 28 heavy (non-hydrogen) atoms. The van der Waals surface area contributed by atoms with E-state index in [2.05, 4.69) is 30.4 Å². The molecule has 0 radical (unpaired) electrons. The Morgan fingerprint density at radius 3 is 2.57 bits per heavy atom. The normalized spacial score (nSPS) is 14.2. The van der Waals surface area contributed by atoms with Gasteiger partial charge >= 0.3 is 5.97 Å². The molecule has 1 N–H and O–H groups in total. The van der Waals surface area contributed by atoms with Gasteiger partial charge in [-0.2, -0.15) is 5.10 Å². The van der Waals surface area contributed by atoms with Crippen molar-refractivity contribution in [3.63, 3.8) is 0 Å². The predicted molar refractivity (Wildman–Crippen MR) is 111 cm³/mol. The van der Waals surface area contributed by atoms with Crippen LogP contribution in [0.3, 0.4) is 0 Å². The summed E-state index contributed by atoms with van der Waals surface area (Å²) in [7, 11) is 1.40. The van der Waals surface area contributed by atoms with Crippen LogP contribution < -0.4 is 5.32 Å². The molecule has 0 saturated heterocycles. The maximum absolute atomic E-state index is 12.2. The number of carbonyl (C=O) groups excluding carboxylic acids is 1. The Bertz CT molecular complexity index is 987. The van der Waals surface area contributed by atoms with Crippen LogP contribution >= 0.6 is 0 Å². The summed E-state index contributed by atoms with van der Waals surface area (Å²) >= 11 is 0. The van der Waals surface area contributed by atoms with E-state index in [0.717, 1.165) is 22.8 Å². The zero-order chi connectivity index (χ0) is 19.5. The first-order valence-corrected chi connectivity index (χ1v) is 9.77. The highest BCUT2D eigenvalue weighted by molar-refractivity contribution is 5.96. The van der Waals surface area contributed by atoms with Crippen molar-refractivity contribution in [1.29, 1.82) is 0 Å². The third-order valence-corrected chi connectivity index (χ3v) is 5.44. The molecule has 4 rings (SSSR count). The van der Waals surface area contributed by atoms with Gasteiger partial charge in [-0.3, -0.25) is 0 Å². The predicted octanol–water partition coefficient (Wildman–Crippen LogP) is 5.37. The van der Waals surface area contributed by atoms with Gasteiger partial charge in [-0.1, -0.05) is 43.2 Å². The van der Waals surface area contributed by atoms with Crippen molar-refractivity contribution >= 4 is 17.5 Å². The highest BCUT2D eigenvalue weighted by Gasteiger charge is 2.23. The van der Waals surface area contributed by atoms with Crippen LogP contribution in [0, 0.1) is 6.92 Å². The van der Waals surface area contributed by atoms with Crippen molar-refractivity contribution in [3.05, 3.63) is 71.4 Å². The van der Waals surface area contributed by atoms with Gasteiger partial charge in [0.05, 0.1) is 29.7 Å². The number of nitrogens with one attached hydrogen (secondary N) is 1. The molecule has 0 aliphatic heterocycles. The van der Waals surface area contributed by atoms with E-state index in [0.29, 0.717) is 17.2 Å². The lowest BCUT2D eigenvalue weighted by atomic mass is 10.0. The standard InChI is InChI=1S/C23H25N3O2/c1-16-9-3-8-14-21(16)26-22(15-20(25-26)17-10-4-5-11-17)24-19-13-7-6-12-18(19)23(27)28-2/h3,6-9,12-15,17,24H,4-5,10-11H2,1-2H3. The largest absolute Gasteiger partial charge is 0.465 e. The van der Waals surface area contributed by atoms with Crippen LogP contribution in [-0.4, -0.2) is 22.9 Å². The molecule has 3 aromatic rings. The first-order valence-electron chi connectivity index (χ1n) is 9.77. The van der Waals surface area contributed by atoms with E-state index >= 15 is 0 Å². The van der Waals surface area contributed by atoms with E-state index in [1.165, 1.54) is 32.8 Å². The molecule has 2 aromatic carbocycles. The zero-order valence-electron chi connectivity index (χ0n) is 16.3. The molecule has 0 unspecified atom stereocenters. The molecule has 1 aromatic heterocycles. The van der Waals surface area contributed by atoms with Gasteiger partial charge in [0.15, 0.2) is 0 Å². The molecular weight excluding hydrogens is 350 g/mol. The van der Waals surface area contributed by atoms with Gasteiger partial charge in [0.1, 0.15) is 5.82 Å². The minimum Gasteiger partial charge on any atom is -0.465 e. The Morgan fingerprint density at radius 1 is 1.11 bits per heavy atom. The Kier molecular flexibility index (Phi) is 5.15. The summed E-state index contributed by atoms with van der Waals surface area (Å²) < 4.78 is 6.89. The molecule has 1 fully saturated rings. The van der Waals surface area contributed by atoms with Crippen LogP contribution in [0.2, 0.25) is 0 Å². The first kappa shape index (κ1) is 18.3. The van der Waals surface area contributed by atoms with Crippen LogP contribution in [0.5, 0.6) is 0 Å². The lowest BCUT2D eigenvalue weighted by Crippen LogP contribution is -2.08. The van der Waals surface area contributed by atoms with Crippen LogP contribution in [0.4, 0.5) is 11.5 Å². The molecule has 0 bridgehead atoms. The molecule has 5 nitrogen and oxygen atoms in total. The molecule has 0 amide bonds. The summed E-state index contributed by atoms with van der Waals surface area (Å²) in [6, 6.07) is 17.7. The number of nitrogens with zero attached hydrogens (tertiary/aromatic N) is 2. The number of benzene rings is 2. The molecule has 144 valence electrons. The Hall–Kier alpha value is -3.08. The van der Waals surface area contributed by atoms with Crippen molar-refractivity contribution < 1.29 is 9.53 Å². The van der Waals surface area contributed by atoms with Crippen molar-refractivity contribution in [1.82, 2.24) is 9.78 Å². The van der Waals surface area contributed by atoms with Crippen LogP contribution in [-0.2, 0) is 4.74 Å². The van der Waals surface area contributed by atoms with Gasteiger partial charge in [0.25, 0.3) is 0 Å². The summed E-state index contributed by atoms with van der Waals surface area (Å²) in [5, 5.41) is 8.38. The number of ether oxygens (including phenoxy) is 1. The second-order valence-corrected chi connectivity index (χ2v) is 7.30. The number of methoxy groups -OCH3 is 1. The maximum atomic E-state index is 12.2. The van der Waals surface area contributed by atoms with Gasteiger partial charge in [0, 0.05) is 12.0 Å². The average molecular weight is 375 g/mol. The summed E-state index contributed by atoms with van der Waals surface area (Å²) in [5.74, 6) is 0.996. The molecule has 1 saturated carbocycles. The molecule has 5 heteroatoms. The van der Waals surface area contributed by atoms with Gasteiger partial charge in [-0.05, 0) is 43.5 Å². The second kappa shape index (κ2) is 7.89. The third-order valence-electron chi connectivity index (χ3n) is 5.44. The fraction of sp³-hybridized carbons (Fsp3) is 0.304. The summed E-state index contributed by atoms with van der Waals surface area (Å²) in [5.41, 5.74) is 4.50. The SMILES string of the molecule is COC(=O)c1ccccc1Nc1cc(C2CCCC2)nn1-c1ccccc1C. The van der Waals surface area contributed by atoms with Gasteiger partial charge in [0.2, 0.25) is 0 Å². The summed E-state index contributed by atoms with van der Waals surface area (Å²) in [6.45, 7) is 2.08. The summed E-state index contributed by atoms with van der Waals surface area (Å²) in [4.78, 5) is 12.2. The molecular formula is C23H25N3O2. The maximum Gasteiger partial charge on any atom is 0.339 e. The number of carbonyl (C=O) groups is 1. The number of para-hydroxylation sites is 2. The molecule has 0 atom stereocenters. The highest BCUT2D eigenvalue weighted by atomic mass is 16.5. The fourth-order valence-corrected chi connectivity index (χ4v) is 3.91. The minimum atomic E-state index is -0.360. The quantitative estimate of drug-likeness (QED) is 0.609. The van der Waals surface area contributed by atoms with Gasteiger partial charge in [-0.15, -0.1) is 0 Å². The molecule has 1 aliphatic rings. The van der Waals surface area contributed by atoms with Crippen molar-refractivity contribution in [2.24, 2.45) is 0 Å². The lowest BCUT2D eigenvalue weighted by molar-refractivity contribution is 0.0602. The van der Waals surface area contributed by atoms with Crippen molar-refractivity contribution in [2.75, 3.05) is 12.4 Å². The van der Waals surface area contributed by atoms with E-state index in [4.69, 9.17) is 9.84 Å². The van der Waals surface area contributed by atoms with Crippen molar-refractivity contribution in [3.8, 4) is 5.69 Å². The van der Waals surface area contributed by atoms with Gasteiger partial charge in [-0.25, -0.2) is 9.48 Å². The summed E-state index contributed by atoms with van der Waals surface area (Å²) in [6.07, 6.45) is 4.89. The topological polar surface area (TPSA) is 56.1 Å². The molecule has 1 aliphatic carbocycles. The number of anilines is 2. The number of aryl methyl sites for hydroxylation is 1. The van der Waals surface area contributed by atoms with E-state index in [-0.39, 0.29) is 5.97 Å². The average Bonchev–Trinajstić information content (AvgIpc) is 3.38. The van der Waals surface area contributed by atoms with E-state index in [9.17, 15) is 4.79 Å². The van der Waals surface area contributed by atoms with Crippen molar-refractivity contribution in [2.45, 2.75) is 38.5 Å². The van der Waals surface area contributed by atoms with Crippen LogP contribution in [0.15, 0.2) is 54.6 Å². The first-order chi connectivity index (χ1) is 13.7. The smallest absolute Gasteiger partial charge is 0.339 e. The fourth-order valence-electron chi connectivity index (χ4n) is 3.91. The molecule has 0 spiro atoms. The monoisotopic (exact) mass is 375 g/mol. The van der Waals surface area contributed by atoms with Gasteiger partial charge < -0.3 is 10.1 Å².